The zero-order valence-corrected chi connectivity index (χ0v) is 10.9. The molecule has 1 aliphatic heterocycles. The van der Waals surface area contributed by atoms with Gasteiger partial charge in [0.2, 0.25) is 0 Å². The van der Waals surface area contributed by atoms with Crippen molar-refractivity contribution in [2.75, 3.05) is 20.1 Å². The Morgan fingerprint density at radius 1 is 1.37 bits per heavy atom. The molecule has 100 valence electrons. The monoisotopic (exact) mass is 259 g/mol. The average Bonchev–Trinajstić information content (AvgIpc) is 2.82. The highest BCUT2D eigenvalue weighted by molar-refractivity contribution is 5.92. The molecule has 1 fully saturated rings. The standard InChI is InChI=1S/C14H17N3O2/c1-16-6-4-11(5-7-16)17-9-15-12-8-10(14(18)19)2-3-13(12)17/h2-3,8-9,11H,4-7H2,1H3,(H,18,19). The van der Waals surface area contributed by atoms with Crippen molar-refractivity contribution in [3.05, 3.63) is 30.1 Å². The fraction of sp³-hybridized carbons (Fsp3) is 0.429. The summed E-state index contributed by atoms with van der Waals surface area (Å²) in [7, 11) is 2.14. The summed E-state index contributed by atoms with van der Waals surface area (Å²) < 4.78 is 2.19. The Morgan fingerprint density at radius 2 is 2.11 bits per heavy atom. The fourth-order valence-electron chi connectivity index (χ4n) is 2.73. The minimum atomic E-state index is -0.907. The predicted octanol–water partition coefficient (Wildman–Crippen LogP) is 2.00. The number of rotatable bonds is 2. The summed E-state index contributed by atoms with van der Waals surface area (Å²) in [5.74, 6) is -0.907. The van der Waals surface area contributed by atoms with Crippen LogP contribution in [-0.4, -0.2) is 45.7 Å². The smallest absolute Gasteiger partial charge is 0.335 e. The summed E-state index contributed by atoms with van der Waals surface area (Å²) in [6.07, 6.45) is 4.07. The molecular weight excluding hydrogens is 242 g/mol. The van der Waals surface area contributed by atoms with Crippen LogP contribution in [0, 0.1) is 0 Å². The summed E-state index contributed by atoms with van der Waals surface area (Å²) in [5, 5.41) is 8.99. The number of benzene rings is 1. The number of carbonyl (C=O) groups is 1. The highest BCUT2D eigenvalue weighted by Gasteiger charge is 2.20. The minimum absolute atomic E-state index is 0.293. The van der Waals surface area contributed by atoms with Gasteiger partial charge in [-0.3, -0.25) is 0 Å². The van der Waals surface area contributed by atoms with E-state index in [2.05, 4.69) is 21.5 Å². The molecule has 5 nitrogen and oxygen atoms in total. The molecule has 0 bridgehead atoms. The Kier molecular flexibility index (Phi) is 2.98. The molecule has 1 aliphatic rings. The van der Waals surface area contributed by atoms with Crippen molar-refractivity contribution in [1.29, 1.82) is 0 Å². The van der Waals surface area contributed by atoms with Crippen LogP contribution in [0.2, 0.25) is 0 Å². The number of carboxylic acids is 1. The molecule has 1 saturated heterocycles. The van der Waals surface area contributed by atoms with Crippen LogP contribution >= 0.6 is 0 Å². The Balaban J connectivity index is 1.95. The van der Waals surface area contributed by atoms with Gasteiger partial charge in [0.05, 0.1) is 22.9 Å². The Bertz CT molecular complexity index is 612. The summed E-state index contributed by atoms with van der Waals surface area (Å²) in [6.45, 7) is 2.19. The van der Waals surface area contributed by atoms with E-state index in [1.165, 1.54) is 0 Å². The maximum Gasteiger partial charge on any atom is 0.335 e. The molecule has 5 heteroatoms. The molecule has 0 atom stereocenters. The lowest BCUT2D eigenvalue weighted by molar-refractivity contribution is 0.0697. The van der Waals surface area contributed by atoms with Gasteiger partial charge in [0.15, 0.2) is 0 Å². The summed E-state index contributed by atoms with van der Waals surface area (Å²) in [4.78, 5) is 17.6. The lowest BCUT2D eigenvalue weighted by Crippen LogP contribution is -2.31. The molecule has 1 aromatic carbocycles. The zero-order chi connectivity index (χ0) is 13.4. The van der Waals surface area contributed by atoms with Crippen LogP contribution in [0.15, 0.2) is 24.5 Å². The van der Waals surface area contributed by atoms with Crippen molar-refractivity contribution in [2.24, 2.45) is 0 Å². The molecule has 2 heterocycles. The van der Waals surface area contributed by atoms with Gasteiger partial charge in [-0.2, -0.15) is 0 Å². The molecule has 1 N–H and O–H groups in total. The molecule has 0 spiro atoms. The normalized spacial score (nSPS) is 17.9. The maximum atomic E-state index is 10.9. The maximum absolute atomic E-state index is 10.9. The number of imidazole rings is 1. The van der Waals surface area contributed by atoms with Crippen molar-refractivity contribution >= 4 is 17.0 Å². The SMILES string of the molecule is CN1CCC(n2cnc3cc(C(=O)O)ccc32)CC1. The van der Waals surface area contributed by atoms with Crippen LogP contribution in [0.1, 0.15) is 29.2 Å². The van der Waals surface area contributed by atoms with Crippen molar-refractivity contribution in [3.8, 4) is 0 Å². The topological polar surface area (TPSA) is 58.4 Å². The van der Waals surface area contributed by atoms with E-state index in [1.807, 2.05) is 12.4 Å². The minimum Gasteiger partial charge on any atom is -0.478 e. The molecule has 2 aromatic rings. The number of hydrogen-bond acceptors (Lipinski definition) is 3. The van der Waals surface area contributed by atoms with Gasteiger partial charge in [0.1, 0.15) is 0 Å². The number of aromatic nitrogens is 2. The van der Waals surface area contributed by atoms with Gasteiger partial charge >= 0.3 is 5.97 Å². The van der Waals surface area contributed by atoms with E-state index >= 15 is 0 Å². The number of aromatic carboxylic acids is 1. The first-order valence-electron chi connectivity index (χ1n) is 6.53. The van der Waals surface area contributed by atoms with Crippen LogP contribution in [0.3, 0.4) is 0 Å². The van der Waals surface area contributed by atoms with Gasteiger partial charge in [0, 0.05) is 6.04 Å². The van der Waals surface area contributed by atoms with E-state index in [1.54, 1.807) is 12.1 Å². The summed E-state index contributed by atoms with van der Waals surface area (Å²) in [6, 6.07) is 5.63. The Morgan fingerprint density at radius 3 is 2.79 bits per heavy atom. The van der Waals surface area contributed by atoms with E-state index in [-0.39, 0.29) is 0 Å². The molecule has 1 aromatic heterocycles. The van der Waals surface area contributed by atoms with Crippen LogP contribution in [-0.2, 0) is 0 Å². The molecule has 3 rings (SSSR count). The average molecular weight is 259 g/mol. The van der Waals surface area contributed by atoms with Gasteiger partial charge in [-0.25, -0.2) is 9.78 Å². The summed E-state index contributed by atoms with van der Waals surface area (Å²) >= 11 is 0. The van der Waals surface area contributed by atoms with Gasteiger partial charge in [-0.15, -0.1) is 0 Å². The highest BCUT2D eigenvalue weighted by Crippen LogP contribution is 2.26. The highest BCUT2D eigenvalue weighted by atomic mass is 16.4. The van der Waals surface area contributed by atoms with Crippen molar-refractivity contribution in [1.82, 2.24) is 14.5 Å². The number of carboxylic acid groups (broad SMARTS) is 1. The van der Waals surface area contributed by atoms with Crippen molar-refractivity contribution in [3.63, 3.8) is 0 Å². The number of likely N-dealkylation sites (tertiary alicyclic amines) is 1. The first-order valence-corrected chi connectivity index (χ1v) is 6.53. The van der Waals surface area contributed by atoms with E-state index < -0.39 is 5.97 Å². The first kappa shape index (κ1) is 12.2. The largest absolute Gasteiger partial charge is 0.478 e. The van der Waals surface area contributed by atoms with E-state index in [0.717, 1.165) is 37.0 Å². The third-order valence-electron chi connectivity index (χ3n) is 3.90. The van der Waals surface area contributed by atoms with Gasteiger partial charge in [-0.1, -0.05) is 0 Å². The zero-order valence-electron chi connectivity index (χ0n) is 10.9. The van der Waals surface area contributed by atoms with Crippen LogP contribution in [0.4, 0.5) is 0 Å². The van der Waals surface area contributed by atoms with E-state index in [4.69, 9.17) is 5.11 Å². The Hall–Kier alpha value is -1.88. The summed E-state index contributed by atoms with van der Waals surface area (Å²) in [5.41, 5.74) is 2.08. The van der Waals surface area contributed by atoms with Crippen LogP contribution in [0.25, 0.3) is 11.0 Å². The Labute approximate surface area is 111 Å². The van der Waals surface area contributed by atoms with E-state index in [0.29, 0.717) is 11.6 Å². The number of piperidine rings is 1. The molecule has 19 heavy (non-hydrogen) atoms. The number of nitrogens with zero attached hydrogens (tertiary/aromatic N) is 3. The third kappa shape index (κ3) is 2.21. The van der Waals surface area contributed by atoms with Crippen LogP contribution in [0.5, 0.6) is 0 Å². The van der Waals surface area contributed by atoms with Crippen molar-refractivity contribution < 1.29 is 9.90 Å². The lowest BCUT2D eigenvalue weighted by Gasteiger charge is -2.30. The van der Waals surface area contributed by atoms with Gasteiger partial charge < -0.3 is 14.6 Å². The van der Waals surface area contributed by atoms with Crippen LogP contribution < -0.4 is 0 Å². The van der Waals surface area contributed by atoms with Gasteiger partial charge in [0.25, 0.3) is 0 Å². The third-order valence-corrected chi connectivity index (χ3v) is 3.90. The van der Waals surface area contributed by atoms with Crippen molar-refractivity contribution in [2.45, 2.75) is 18.9 Å². The second-order valence-electron chi connectivity index (χ2n) is 5.19. The first-order chi connectivity index (χ1) is 9.15. The van der Waals surface area contributed by atoms with Gasteiger partial charge in [-0.05, 0) is 51.2 Å². The molecule has 0 radical (unpaired) electrons. The van der Waals surface area contributed by atoms with E-state index in [9.17, 15) is 4.79 Å². The lowest BCUT2D eigenvalue weighted by atomic mass is 10.1. The second kappa shape index (κ2) is 4.66. The number of hydrogen-bond donors (Lipinski definition) is 1. The number of fused-ring (bicyclic) bond motifs is 1. The molecular formula is C14H17N3O2. The molecule has 0 amide bonds. The predicted molar refractivity (Wildman–Crippen MR) is 72.5 cm³/mol. The molecule has 0 unspecified atom stereocenters. The second-order valence-corrected chi connectivity index (χ2v) is 5.19. The molecule has 0 aliphatic carbocycles. The quantitative estimate of drug-likeness (QED) is 0.896. The molecule has 0 saturated carbocycles. The fourth-order valence-corrected chi connectivity index (χ4v) is 2.73.